The van der Waals surface area contributed by atoms with Crippen LogP contribution in [0.2, 0.25) is 0 Å². The van der Waals surface area contributed by atoms with Gasteiger partial charge in [-0.2, -0.15) is 0 Å². The fourth-order valence-electron chi connectivity index (χ4n) is 3.46. The van der Waals surface area contributed by atoms with E-state index in [1.54, 1.807) is 24.5 Å². The van der Waals surface area contributed by atoms with Gasteiger partial charge in [0.15, 0.2) is 0 Å². The Labute approximate surface area is 182 Å². The van der Waals surface area contributed by atoms with Gasteiger partial charge in [0.25, 0.3) is 16.8 Å². The number of benzene rings is 1. The van der Waals surface area contributed by atoms with Gasteiger partial charge in [-0.05, 0) is 61.0 Å². The third kappa shape index (κ3) is 4.17. The molecule has 0 unspecified atom stereocenters. The molecule has 3 aromatic rings. The monoisotopic (exact) mass is 437 g/mol. The van der Waals surface area contributed by atoms with E-state index in [2.05, 4.69) is 4.57 Å². The van der Waals surface area contributed by atoms with Crippen molar-refractivity contribution in [3.05, 3.63) is 92.0 Å². The smallest absolute Gasteiger partial charge is 0.293 e. The van der Waals surface area contributed by atoms with Crippen LogP contribution in [0.4, 0.5) is 10.5 Å². The predicted octanol–water partition coefficient (Wildman–Crippen LogP) is 4.89. The Hall–Kier alpha value is -3.59. The molecule has 0 aliphatic carbocycles. The first kappa shape index (κ1) is 20.7. The summed E-state index contributed by atoms with van der Waals surface area (Å²) in [6, 6.07) is 11.5. The lowest BCUT2D eigenvalue weighted by molar-refractivity contribution is -0.384. The van der Waals surface area contributed by atoms with E-state index in [1.165, 1.54) is 12.1 Å². The highest BCUT2D eigenvalue weighted by atomic mass is 32.2. The van der Waals surface area contributed by atoms with Crippen LogP contribution in [0.3, 0.4) is 0 Å². The van der Waals surface area contributed by atoms with E-state index in [1.807, 2.05) is 32.0 Å². The summed E-state index contributed by atoms with van der Waals surface area (Å²) in [4.78, 5) is 37.1. The Bertz CT molecular complexity index is 1190. The third-order valence-electron chi connectivity index (χ3n) is 5.15. The van der Waals surface area contributed by atoms with Crippen LogP contribution < -0.4 is 0 Å². The molecule has 0 bridgehead atoms. The summed E-state index contributed by atoms with van der Waals surface area (Å²) in [6.07, 6.45) is 3.37. The minimum Gasteiger partial charge on any atom is -0.467 e. The van der Waals surface area contributed by atoms with E-state index in [9.17, 15) is 19.7 Å². The Morgan fingerprint density at radius 1 is 1.13 bits per heavy atom. The first-order valence-corrected chi connectivity index (χ1v) is 10.3. The zero-order valence-electron chi connectivity index (χ0n) is 16.9. The van der Waals surface area contributed by atoms with Gasteiger partial charge in [-0.3, -0.25) is 24.6 Å². The topological polar surface area (TPSA) is 98.6 Å². The van der Waals surface area contributed by atoms with Crippen molar-refractivity contribution in [1.82, 2.24) is 9.47 Å². The maximum atomic E-state index is 12.8. The molecule has 1 aromatic carbocycles. The second-order valence-corrected chi connectivity index (χ2v) is 8.18. The number of nitro benzene ring substituents is 1. The van der Waals surface area contributed by atoms with E-state index >= 15 is 0 Å². The molecule has 0 radical (unpaired) electrons. The molecule has 9 heteroatoms. The average molecular weight is 437 g/mol. The molecular formula is C22H19N3O5S. The average Bonchev–Trinajstić information content (AvgIpc) is 3.41. The summed E-state index contributed by atoms with van der Waals surface area (Å²) in [5.74, 6) is 0.459. The van der Waals surface area contributed by atoms with E-state index < -0.39 is 4.92 Å². The van der Waals surface area contributed by atoms with Crippen LogP contribution in [0.25, 0.3) is 6.08 Å². The molecule has 0 N–H and O–H groups in total. The quantitative estimate of drug-likeness (QED) is 0.309. The lowest BCUT2D eigenvalue weighted by Crippen LogP contribution is -2.27. The number of thioether (sulfide) groups is 1. The van der Waals surface area contributed by atoms with Crippen LogP contribution in [0, 0.1) is 24.0 Å². The molecular weight excluding hydrogens is 418 g/mol. The Morgan fingerprint density at radius 2 is 1.87 bits per heavy atom. The maximum absolute atomic E-state index is 12.8. The first-order chi connectivity index (χ1) is 14.8. The molecule has 158 valence electrons. The van der Waals surface area contributed by atoms with Crippen LogP contribution >= 0.6 is 11.8 Å². The molecule has 2 aromatic heterocycles. The molecule has 1 aliphatic heterocycles. The number of non-ortho nitro benzene ring substituents is 1. The Morgan fingerprint density at radius 3 is 2.52 bits per heavy atom. The Kier molecular flexibility index (Phi) is 5.51. The second kappa shape index (κ2) is 8.27. The molecule has 31 heavy (non-hydrogen) atoms. The summed E-state index contributed by atoms with van der Waals surface area (Å²) in [5, 5.41) is 10.4. The molecule has 1 aliphatic rings. The number of aromatic nitrogens is 1. The minimum atomic E-state index is -0.491. The number of carbonyl (C=O) groups is 2. The van der Waals surface area contributed by atoms with Crippen molar-refractivity contribution in [3.8, 4) is 0 Å². The Balaban J connectivity index is 1.54. The van der Waals surface area contributed by atoms with Gasteiger partial charge in [-0.25, -0.2) is 0 Å². The molecule has 0 saturated carbocycles. The molecule has 3 heterocycles. The van der Waals surface area contributed by atoms with Crippen molar-refractivity contribution in [2.45, 2.75) is 26.9 Å². The van der Waals surface area contributed by atoms with Crippen molar-refractivity contribution in [2.24, 2.45) is 0 Å². The minimum absolute atomic E-state index is 0.0392. The van der Waals surface area contributed by atoms with Crippen LogP contribution in [0.5, 0.6) is 0 Å². The van der Waals surface area contributed by atoms with Crippen LogP contribution in [-0.2, 0) is 17.9 Å². The van der Waals surface area contributed by atoms with Gasteiger partial charge in [-0.1, -0.05) is 12.1 Å². The fraction of sp³-hybridized carbons (Fsp3) is 0.182. The van der Waals surface area contributed by atoms with Gasteiger partial charge >= 0.3 is 0 Å². The van der Waals surface area contributed by atoms with E-state index in [0.29, 0.717) is 17.0 Å². The number of rotatable bonds is 6. The number of hydrogen-bond donors (Lipinski definition) is 0. The molecule has 8 nitrogen and oxygen atoms in total. The van der Waals surface area contributed by atoms with Gasteiger partial charge in [0.2, 0.25) is 0 Å². The molecule has 1 fully saturated rings. The summed E-state index contributed by atoms with van der Waals surface area (Å²) < 4.78 is 7.52. The van der Waals surface area contributed by atoms with Crippen molar-refractivity contribution in [3.63, 3.8) is 0 Å². The van der Waals surface area contributed by atoms with Gasteiger partial charge in [0.1, 0.15) is 5.76 Å². The highest BCUT2D eigenvalue weighted by Crippen LogP contribution is 2.34. The first-order valence-electron chi connectivity index (χ1n) is 9.51. The number of carbonyl (C=O) groups excluding carboxylic acids is 2. The highest BCUT2D eigenvalue weighted by Gasteiger charge is 2.35. The number of imide groups is 1. The van der Waals surface area contributed by atoms with Crippen molar-refractivity contribution in [2.75, 3.05) is 0 Å². The van der Waals surface area contributed by atoms with Gasteiger partial charge in [0.05, 0.1) is 29.2 Å². The summed E-state index contributed by atoms with van der Waals surface area (Å²) in [5.41, 5.74) is 3.46. The van der Waals surface area contributed by atoms with Crippen LogP contribution in [0.15, 0.2) is 58.1 Å². The molecule has 0 spiro atoms. The molecule has 4 rings (SSSR count). The summed E-state index contributed by atoms with van der Waals surface area (Å²) in [6.45, 7) is 4.59. The normalized spacial score (nSPS) is 15.3. The number of amides is 2. The summed E-state index contributed by atoms with van der Waals surface area (Å²) >= 11 is 0.896. The maximum Gasteiger partial charge on any atom is 0.293 e. The largest absolute Gasteiger partial charge is 0.467 e. The lowest BCUT2D eigenvalue weighted by Gasteiger charge is -2.12. The number of nitro groups is 1. The van der Waals surface area contributed by atoms with Gasteiger partial charge in [0, 0.05) is 23.5 Å². The second-order valence-electron chi connectivity index (χ2n) is 7.18. The van der Waals surface area contributed by atoms with Crippen LogP contribution in [-0.4, -0.2) is 25.5 Å². The van der Waals surface area contributed by atoms with E-state index in [4.69, 9.17) is 4.42 Å². The highest BCUT2D eigenvalue weighted by molar-refractivity contribution is 8.18. The predicted molar refractivity (Wildman–Crippen MR) is 116 cm³/mol. The molecule has 0 atom stereocenters. The van der Waals surface area contributed by atoms with E-state index in [0.717, 1.165) is 39.4 Å². The zero-order valence-corrected chi connectivity index (χ0v) is 17.7. The standard InChI is InChI=1S/C22H19N3O5S/c1-14-10-17(15(2)23(14)13-19-4-3-9-30-19)11-20-21(26)24(22(27)31-20)12-16-5-7-18(8-6-16)25(28)29/h3-11H,12-13H2,1-2H3/b20-11-. The number of nitrogens with zero attached hydrogens (tertiary/aromatic N) is 3. The lowest BCUT2D eigenvalue weighted by atomic mass is 10.2. The SMILES string of the molecule is Cc1cc(/C=C2\SC(=O)N(Cc3ccc([N+](=O)[O-])cc3)C2=O)c(C)n1Cc1ccco1. The number of aryl methyl sites for hydroxylation is 1. The third-order valence-corrected chi connectivity index (χ3v) is 6.06. The number of furan rings is 1. The number of hydrogen-bond acceptors (Lipinski definition) is 6. The van der Waals surface area contributed by atoms with Gasteiger partial charge in [-0.15, -0.1) is 0 Å². The summed E-state index contributed by atoms with van der Waals surface area (Å²) in [7, 11) is 0. The fourth-order valence-corrected chi connectivity index (χ4v) is 4.29. The molecule has 2 amide bonds. The van der Waals surface area contributed by atoms with E-state index in [-0.39, 0.29) is 23.4 Å². The van der Waals surface area contributed by atoms with Crippen molar-refractivity contribution < 1.29 is 18.9 Å². The van der Waals surface area contributed by atoms with Crippen molar-refractivity contribution >= 4 is 34.7 Å². The van der Waals surface area contributed by atoms with Crippen LogP contribution in [0.1, 0.15) is 28.3 Å². The molecule has 1 saturated heterocycles. The van der Waals surface area contributed by atoms with Crippen molar-refractivity contribution in [1.29, 1.82) is 0 Å². The zero-order chi connectivity index (χ0) is 22.1. The van der Waals surface area contributed by atoms with Gasteiger partial charge < -0.3 is 8.98 Å².